The monoisotopic (exact) mass is 295 g/mol. The lowest BCUT2D eigenvalue weighted by molar-refractivity contribution is 0.0697. The van der Waals surface area contributed by atoms with Crippen LogP contribution in [0.5, 0.6) is 0 Å². The van der Waals surface area contributed by atoms with E-state index in [1.807, 2.05) is 6.92 Å². The number of nitrogens with zero attached hydrogens (tertiary/aromatic N) is 1. The van der Waals surface area contributed by atoms with Gasteiger partial charge in [0.25, 0.3) is 0 Å². The van der Waals surface area contributed by atoms with Crippen molar-refractivity contribution in [1.82, 2.24) is 10.5 Å². The number of carbonyl (C=O) groups excluding carboxylic acids is 1. The Labute approximate surface area is 118 Å². The number of anilines is 1. The molecule has 20 heavy (non-hydrogen) atoms. The second-order valence-corrected chi connectivity index (χ2v) is 5.30. The predicted molar refractivity (Wildman–Crippen MR) is 73.1 cm³/mol. The number of hydrogen-bond donors (Lipinski definition) is 3. The molecular weight excluding hydrogens is 282 g/mol. The van der Waals surface area contributed by atoms with Crippen molar-refractivity contribution < 1.29 is 19.2 Å². The van der Waals surface area contributed by atoms with E-state index in [1.54, 1.807) is 13.0 Å². The fourth-order valence-electron chi connectivity index (χ4n) is 1.62. The van der Waals surface area contributed by atoms with Crippen molar-refractivity contribution >= 4 is 28.3 Å². The summed E-state index contributed by atoms with van der Waals surface area (Å²) in [5.74, 6) is -0.547. The van der Waals surface area contributed by atoms with Gasteiger partial charge in [0.05, 0.1) is 18.3 Å². The molecule has 0 aliphatic heterocycles. The third-order valence-corrected chi connectivity index (χ3v) is 3.86. The number of urea groups is 1. The zero-order valence-corrected chi connectivity index (χ0v) is 11.7. The van der Waals surface area contributed by atoms with Crippen molar-refractivity contribution in [3.8, 4) is 0 Å². The number of rotatable bonds is 4. The number of aromatic carboxylic acids is 1. The number of amides is 2. The van der Waals surface area contributed by atoms with Crippen LogP contribution in [0.15, 0.2) is 16.8 Å². The highest BCUT2D eigenvalue weighted by atomic mass is 32.1. The zero-order valence-electron chi connectivity index (χ0n) is 10.9. The molecule has 2 aromatic heterocycles. The molecule has 0 saturated carbocycles. The van der Waals surface area contributed by atoms with Crippen LogP contribution in [0.4, 0.5) is 9.80 Å². The molecule has 7 nitrogen and oxygen atoms in total. The molecule has 2 heterocycles. The van der Waals surface area contributed by atoms with Gasteiger partial charge in [-0.25, -0.2) is 9.59 Å². The predicted octanol–water partition coefficient (Wildman–Crippen LogP) is 2.37. The van der Waals surface area contributed by atoms with Crippen LogP contribution in [0.25, 0.3) is 0 Å². The number of carboxylic acid groups (broad SMARTS) is 1. The van der Waals surface area contributed by atoms with Gasteiger partial charge >= 0.3 is 12.0 Å². The van der Waals surface area contributed by atoms with Crippen LogP contribution in [-0.4, -0.2) is 22.3 Å². The molecule has 0 aromatic carbocycles. The van der Waals surface area contributed by atoms with Gasteiger partial charge in [-0.2, -0.15) is 0 Å². The Hall–Kier alpha value is -2.35. The van der Waals surface area contributed by atoms with Crippen LogP contribution in [0, 0.1) is 13.8 Å². The lowest BCUT2D eigenvalue weighted by Gasteiger charge is -2.05. The van der Waals surface area contributed by atoms with Crippen molar-refractivity contribution in [2.75, 3.05) is 5.32 Å². The van der Waals surface area contributed by atoms with Crippen LogP contribution >= 0.6 is 11.3 Å². The fraction of sp³-hybridized carbons (Fsp3) is 0.250. The van der Waals surface area contributed by atoms with E-state index in [-0.39, 0.29) is 12.1 Å². The van der Waals surface area contributed by atoms with E-state index in [0.29, 0.717) is 16.3 Å². The number of aryl methyl sites for hydroxylation is 1. The summed E-state index contributed by atoms with van der Waals surface area (Å²) < 4.78 is 4.84. The topological polar surface area (TPSA) is 104 Å². The molecule has 3 N–H and O–H groups in total. The van der Waals surface area contributed by atoms with Crippen molar-refractivity contribution in [1.29, 1.82) is 0 Å². The van der Waals surface area contributed by atoms with Crippen LogP contribution < -0.4 is 10.6 Å². The smallest absolute Gasteiger partial charge is 0.338 e. The van der Waals surface area contributed by atoms with Gasteiger partial charge in [-0.1, -0.05) is 5.16 Å². The largest absolute Gasteiger partial charge is 0.478 e. The van der Waals surface area contributed by atoms with E-state index in [2.05, 4.69) is 15.8 Å². The second kappa shape index (κ2) is 5.74. The average molecular weight is 295 g/mol. The highest BCUT2D eigenvalue weighted by Crippen LogP contribution is 2.32. The second-order valence-electron chi connectivity index (χ2n) is 4.08. The summed E-state index contributed by atoms with van der Waals surface area (Å²) in [4.78, 5) is 23.8. The molecule has 0 radical (unpaired) electrons. The van der Waals surface area contributed by atoms with Gasteiger partial charge in [0, 0.05) is 10.9 Å². The van der Waals surface area contributed by atoms with Gasteiger partial charge < -0.3 is 14.9 Å². The number of thiophene rings is 1. The lowest BCUT2D eigenvalue weighted by Crippen LogP contribution is -2.28. The van der Waals surface area contributed by atoms with Crippen molar-refractivity contribution in [2.45, 2.75) is 20.4 Å². The van der Waals surface area contributed by atoms with Gasteiger partial charge in [-0.3, -0.25) is 5.32 Å². The van der Waals surface area contributed by atoms with Gasteiger partial charge in [0.1, 0.15) is 5.00 Å². The summed E-state index contributed by atoms with van der Waals surface area (Å²) >= 11 is 1.23. The molecule has 0 aliphatic carbocycles. The lowest BCUT2D eigenvalue weighted by atomic mass is 10.1. The molecule has 0 fully saturated rings. The third kappa shape index (κ3) is 2.97. The molecular formula is C12H13N3O4S. The van der Waals surface area contributed by atoms with Crippen LogP contribution in [-0.2, 0) is 6.54 Å². The summed E-state index contributed by atoms with van der Waals surface area (Å²) in [7, 11) is 0. The molecule has 0 saturated heterocycles. The number of carbonyl (C=O) groups is 2. The zero-order chi connectivity index (χ0) is 14.7. The standard InChI is InChI=1S/C12H13N3O4S/c1-6-7(2)20-10(9(6)11(16)17)15-12(18)13-5-8-3-4-14-19-8/h3-4H,5H2,1-2H3,(H,16,17)(H2,13,15,18). The van der Waals surface area contributed by atoms with Gasteiger partial charge in [0.15, 0.2) is 5.76 Å². The first-order valence-corrected chi connectivity index (χ1v) is 6.58. The first kappa shape index (κ1) is 14.1. The fourth-order valence-corrected chi connectivity index (χ4v) is 2.67. The molecule has 2 rings (SSSR count). The Kier molecular flexibility index (Phi) is 4.04. The highest BCUT2D eigenvalue weighted by molar-refractivity contribution is 7.16. The summed E-state index contributed by atoms with van der Waals surface area (Å²) in [6.45, 7) is 3.70. The van der Waals surface area contributed by atoms with E-state index < -0.39 is 12.0 Å². The number of aromatic nitrogens is 1. The summed E-state index contributed by atoms with van der Waals surface area (Å²) in [6, 6.07) is 1.13. The summed E-state index contributed by atoms with van der Waals surface area (Å²) in [6.07, 6.45) is 1.48. The van der Waals surface area contributed by atoms with Crippen LogP contribution in [0.3, 0.4) is 0 Å². The molecule has 0 aliphatic rings. The Morgan fingerprint density at radius 1 is 1.45 bits per heavy atom. The first-order valence-electron chi connectivity index (χ1n) is 5.76. The Balaban J connectivity index is 2.04. The van der Waals surface area contributed by atoms with E-state index in [9.17, 15) is 9.59 Å². The molecule has 2 aromatic rings. The number of nitrogens with one attached hydrogen (secondary N) is 2. The van der Waals surface area contributed by atoms with Gasteiger partial charge in [-0.05, 0) is 19.4 Å². The van der Waals surface area contributed by atoms with Crippen molar-refractivity contribution in [3.05, 3.63) is 34.0 Å². The average Bonchev–Trinajstić information content (AvgIpc) is 2.96. The van der Waals surface area contributed by atoms with Crippen LogP contribution in [0.2, 0.25) is 0 Å². The quantitative estimate of drug-likeness (QED) is 0.803. The summed E-state index contributed by atoms with van der Waals surface area (Å²) in [5.41, 5.74) is 0.787. The van der Waals surface area contributed by atoms with E-state index >= 15 is 0 Å². The normalized spacial score (nSPS) is 10.3. The van der Waals surface area contributed by atoms with Crippen LogP contribution in [0.1, 0.15) is 26.6 Å². The maximum Gasteiger partial charge on any atom is 0.338 e. The van der Waals surface area contributed by atoms with Gasteiger partial charge in [-0.15, -0.1) is 11.3 Å². The molecule has 0 spiro atoms. The Morgan fingerprint density at radius 3 is 2.80 bits per heavy atom. The van der Waals surface area contributed by atoms with Crippen molar-refractivity contribution in [3.63, 3.8) is 0 Å². The first-order chi connectivity index (χ1) is 9.49. The molecule has 8 heteroatoms. The Bertz CT molecular complexity index is 633. The maximum absolute atomic E-state index is 11.7. The number of hydrogen-bond acceptors (Lipinski definition) is 5. The van der Waals surface area contributed by atoms with E-state index in [0.717, 1.165) is 4.88 Å². The minimum absolute atomic E-state index is 0.127. The van der Waals surface area contributed by atoms with E-state index in [4.69, 9.17) is 9.63 Å². The number of carboxylic acids is 1. The SMILES string of the molecule is Cc1sc(NC(=O)NCc2ccno2)c(C(=O)O)c1C. The maximum atomic E-state index is 11.7. The molecule has 2 amide bonds. The summed E-state index contributed by atoms with van der Waals surface area (Å²) in [5, 5.41) is 18.1. The molecule has 0 atom stereocenters. The van der Waals surface area contributed by atoms with Crippen molar-refractivity contribution in [2.24, 2.45) is 0 Å². The molecule has 106 valence electrons. The minimum Gasteiger partial charge on any atom is -0.478 e. The van der Waals surface area contributed by atoms with E-state index in [1.165, 1.54) is 17.5 Å². The third-order valence-electron chi connectivity index (χ3n) is 2.74. The minimum atomic E-state index is -1.06. The molecule has 0 bridgehead atoms. The highest BCUT2D eigenvalue weighted by Gasteiger charge is 2.20. The Morgan fingerprint density at radius 2 is 2.20 bits per heavy atom. The molecule has 0 unspecified atom stereocenters. The van der Waals surface area contributed by atoms with Gasteiger partial charge in [0.2, 0.25) is 0 Å².